The van der Waals surface area contributed by atoms with E-state index >= 15 is 0 Å². The van der Waals surface area contributed by atoms with Crippen LogP contribution in [-0.4, -0.2) is 27.6 Å². The lowest BCUT2D eigenvalue weighted by Crippen LogP contribution is -2.25. The number of hydrogen-bond acceptors (Lipinski definition) is 4. The second kappa shape index (κ2) is 5.08. The second-order valence-corrected chi connectivity index (χ2v) is 4.99. The van der Waals surface area contributed by atoms with Gasteiger partial charge in [0.05, 0.1) is 0 Å². The minimum Gasteiger partial charge on any atom is -0.334 e. The van der Waals surface area contributed by atoms with Gasteiger partial charge in [-0.15, -0.1) is 0 Å². The van der Waals surface area contributed by atoms with Crippen LogP contribution in [0, 0.1) is 0 Å². The normalized spacial score (nSPS) is 18.1. The third-order valence-electron chi connectivity index (χ3n) is 3.27. The Morgan fingerprint density at radius 2 is 1.89 bits per heavy atom. The Hall–Kier alpha value is -1.39. The highest BCUT2D eigenvalue weighted by Gasteiger charge is 2.24. The molecule has 0 bridgehead atoms. The van der Waals surface area contributed by atoms with Crippen LogP contribution < -0.4 is 0 Å². The van der Waals surface area contributed by atoms with Gasteiger partial charge in [-0.1, -0.05) is 23.4 Å². The first kappa shape index (κ1) is 11.7. The van der Waals surface area contributed by atoms with Crippen LogP contribution in [0.4, 0.5) is 0 Å². The van der Waals surface area contributed by atoms with Crippen molar-refractivity contribution >= 4 is 11.8 Å². The van der Waals surface area contributed by atoms with E-state index in [4.69, 9.17) is 16.3 Å². The maximum atomic E-state index is 5.94. The molecule has 1 aromatic carbocycles. The Morgan fingerprint density at radius 1 is 1.17 bits per heavy atom. The third kappa shape index (κ3) is 2.40. The zero-order valence-corrected chi connectivity index (χ0v) is 10.7. The Kier molecular flexibility index (Phi) is 3.30. The SMILES string of the molecule is ClN1CCC(c2noc(-c3ccccc3)n2)CC1. The van der Waals surface area contributed by atoms with Crippen molar-refractivity contribution in [3.8, 4) is 11.5 Å². The average molecular weight is 264 g/mol. The molecule has 1 aromatic heterocycles. The molecule has 0 radical (unpaired) electrons. The summed E-state index contributed by atoms with van der Waals surface area (Å²) in [6, 6.07) is 9.84. The summed E-state index contributed by atoms with van der Waals surface area (Å²) in [6.07, 6.45) is 1.97. The molecule has 0 N–H and O–H groups in total. The molecule has 0 spiro atoms. The Balaban J connectivity index is 1.78. The smallest absolute Gasteiger partial charge is 0.257 e. The number of nitrogens with zero attached hydrogens (tertiary/aromatic N) is 3. The molecule has 0 atom stereocenters. The van der Waals surface area contributed by atoms with Crippen molar-refractivity contribution < 1.29 is 4.52 Å². The zero-order chi connectivity index (χ0) is 12.4. The first-order valence-electron chi connectivity index (χ1n) is 6.12. The van der Waals surface area contributed by atoms with E-state index in [2.05, 4.69) is 10.1 Å². The van der Waals surface area contributed by atoms with Crippen molar-refractivity contribution in [2.45, 2.75) is 18.8 Å². The summed E-state index contributed by atoms with van der Waals surface area (Å²) < 4.78 is 7.14. The van der Waals surface area contributed by atoms with Crippen LogP contribution in [0.3, 0.4) is 0 Å². The van der Waals surface area contributed by atoms with Crippen molar-refractivity contribution in [3.05, 3.63) is 36.2 Å². The summed E-state index contributed by atoms with van der Waals surface area (Å²) in [5, 5.41) is 4.09. The standard InChI is InChI=1S/C13H14ClN3O/c14-17-8-6-10(7-9-17)12-15-13(18-16-12)11-4-2-1-3-5-11/h1-5,10H,6-9H2. The van der Waals surface area contributed by atoms with E-state index in [1.54, 1.807) is 0 Å². The number of piperidine rings is 1. The molecule has 94 valence electrons. The van der Waals surface area contributed by atoms with E-state index in [1.165, 1.54) is 0 Å². The monoisotopic (exact) mass is 263 g/mol. The lowest BCUT2D eigenvalue weighted by Gasteiger charge is -2.24. The molecular weight excluding hydrogens is 250 g/mol. The van der Waals surface area contributed by atoms with Crippen LogP contribution in [0.2, 0.25) is 0 Å². The zero-order valence-electron chi connectivity index (χ0n) is 9.92. The first-order chi connectivity index (χ1) is 8.83. The molecule has 18 heavy (non-hydrogen) atoms. The molecule has 1 aliphatic rings. The van der Waals surface area contributed by atoms with Gasteiger partial charge in [0.25, 0.3) is 5.89 Å². The number of hydrogen-bond donors (Lipinski definition) is 0. The average Bonchev–Trinajstić information content (AvgIpc) is 2.90. The predicted octanol–water partition coefficient (Wildman–Crippen LogP) is 3.07. The van der Waals surface area contributed by atoms with Crippen molar-refractivity contribution in [1.82, 2.24) is 14.6 Å². The molecule has 0 saturated carbocycles. The van der Waals surface area contributed by atoms with Crippen LogP contribution in [0.25, 0.3) is 11.5 Å². The molecule has 0 aliphatic carbocycles. The van der Waals surface area contributed by atoms with E-state index in [0.29, 0.717) is 11.8 Å². The van der Waals surface area contributed by atoms with E-state index in [-0.39, 0.29) is 0 Å². The summed E-state index contributed by atoms with van der Waals surface area (Å²) in [6.45, 7) is 1.75. The van der Waals surface area contributed by atoms with Crippen LogP contribution >= 0.6 is 11.8 Å². The highest BCUT2D eigenvalue weighted by Crippen LogP contribution is 2.28. The van der Waals surface area contributed by atoms with E-state index in [0.717, 1.165) is 37.3 Å². The molecule has 2 aromatic rings. The van der Waals surface area contributed by atoms with Gasteiger partial charge in [0, 0.05) is 24.6 Å². The second-order valence-electron chi connectivity index (χ2n) is 4.51. The van der Waals surface area contributed by atoms with Crippen molar-refractivity contribution in [3.63, 3.8) is 0 Å². The molecule has 1 aliphatic heterocycles. The van der Waals surface area contributed by atoms with Gasteiger partial charge in [-0.25, -0.2) is 4.42 Å². The number of benzene rings is 1. The predicted molar refractivity (Wildman–Crippen MR) is 69.1 cm³/mol. The molecule has 3 rings (SSSR count). The molecule has 0 amide bonds. The minimum atomic E-state index is 0.362. The van der Waals surface area contributed by atoms with Crippen LogP contribution in [0.5, 0.6) is 0 Å². The highest BCUT2D eigenvalue weighted by atomic mass is 35.5. The minimum absolute atomic E-state index is 0.362. The molecular formula is C13H14ClN3O. The maximum absolute atomic E-state index is 5.94. The molecule has 4 nitrogen and oxygen atoms in total. The summed E-state index contributed by atoms with van der Waals surface area (Å²) in [5.41, 5.74) is 0.964. The fourth-order valence-corrected chi connectivity index (χ4v) is 2.40. The number of halogens is 1. The summed E-state index contributed by atoms with van der Waals surface area (Å²) in [7, 11) is 0. The lowest BCUT2D eigenvalue weighted by molar-refractivity contribution is 0.320. The summed E-state index contributed by atoms with van der Waals surface area (Å²) in [4.78, 5) is 4.49. The van der Waals surface area contributed by atoms with Crippen LogP contribution in [0.1, 0.15) is 24.6 Å². The summed E-state index contributed by atoms with van der Waals surface area (Å²) >= 11 is 5.94. The van der Waals surface area contributed by atoms with E-state index < -0.39 is 0 Å². The Bertz CT molecular complexity index is 506. The fourth-order valence-electron chi connectivity index (χ4n) is 2.20. The maximum Gasteiger partial charge on any atom is 0.257 e. The highest BCUT2D eigenvalue weighted by molar-refractivity contribution is 6.13. The third-order valence-corrected chi connectivity index (χ3v) is 3.61. The van der Waals surface area contributed by atoms with Crippen molar-refractivity contribution in [2.24, 2.45) is 0 Å². The summed E-state index contributed by atoms with van der Waals surface area (Å²) in [5.74, 6) is 1.76. The van der Waals surface area contributed by atoms with Gasteiger partial charge in [-0.05, 0) is 36.8 Å². The van der Waals surface area contributed by atoms with Gasteiger partial charge in [0.1, 0.15) is 0 Å². The lowest BCUT2D eigenvalue weighted by atomic mass is 9.97. The topological polar surface area (TPSA) is 42.2 Å². The van der Waals surface area contributed by atoms with Gasteiger partial charge in [0.15, 0.2) is 5.82 Å². The van der Waals surface area contributed by atoms with Crippen LogP contribution in [-0.2, 0) is 0 Å². The number of aromatic nitrogens is 2. The Morgan fingerprint density at radius 3 is 2.61 bits per heavy atom. The Labute approximate surface area is 111 Å². The largest absolute Gasteiger partial charge is 0.334 e. The fraction of sp³-hybridized carbons (Fsp3) is 0.385. The van der Waals surface area contributed by atoms with Crippen molar-refractivity contribution in [2.75, 3.05) is 13.1 Å². The first-order valence-corrected chi connectivity index (χ1v) is 6.46. The van der Waals surface area contributed by atoms with Gasteiger partial charge >= 0.3 is 0 Å². The quantitative estimate of drug-likeness (QED) is 0.781. The van der Waals surface area contributed by atoms with Gasteiger partial charge in [-0.2, -0.15) is 4.98 Å². The van der Waals surface area contributed by atoms with Gasteiger partial charge in [-0.3, -0.25) is 0 Å². The van der Waals surface area contributed by atoms with Crippen molar-refractivity contribution in [1.29, 1.82) is 0 Å². The van der Waals surface area contributed by atoms with Crippen LogP contribution in [0.15, 0.2) is 34.9 Å². The molecule has 1 saturated heterocycles. The molecule has 5 heteroatoms. The molecule has 2 heterocycles. The van der Waals surface area contributed by atoms with Gasteiger partial charge < -0.3 is 4.52 Å². The van der Waals surface area contributed by atoms with E-state index in [1.807, 2.05) is 34.8 Å². The van der Waals surface area contributed by atoms with Gasteiger partial charge in [0.2, 0.25) is 0 Å². The number of rotatable bonds is 2. The molecule has 1 fully saturated rings. The van der Waals surface area contributed by atoms with E-state index in [9.17, 15) is 0 Å². The molecule has 0 unspecified atom stereocenters.